The first kappa shape index (κ1) is 21.5. The molecular formula is C28H18ClNO4. The number of carbonyl (C=O) groups excluding carboxylic acids is 2. The Morgan fingerprint density at radius 3 is 2.09 bits per heavy atom. The van der Waals surface area contributed by atoms with Gasteiger partial charge in [0.15, 0.2) is 5.76 Å². The number of halogens is 1. The van der Waals surface area contributed by atoms with Gasteiger partial charge in [-0.2, -0.15) is 0 Å². The fourth-order valence-electron chi connectivity index (χ4n) is 3.62. The van der Waals surface area contributed by atoms with E-state index in [1.807, 2.05) is 72.8 Å². The summed E-state index contributed by atoms with van der Waals surface area (Å²) in [4.78, 5) is 27.4. The van der Waals surface area contributed by atoms with Crippen LogP contribution >= 0.6 is 11.6 Å². The molecule has 0 atom stereocenters. The summed E-state index contributed by atoms with van der Waals surface area (Å²) in [6, 6.07) is 30.3. The number of nitrogens with zero attached hydrogens (tertiary/aromatic N) is 1. The molecule has 0 aromatic heterocycles. The summed E-state index contributed by atoms with van der Waals surface area (Å²) in [5.41, 5.74) is 2.39. The number of hydrogen-bond acceptors (Lipinski definition) is 4. The molecule has 0 spiro atoms. The number of amides is 1. The zero-order valence-electron chi connectivity index (χ0n) is 17.9. The fraction of sp³-hybridized carbons (Fsp3) is 0. The first-order valence-electron chi connectivity index (χ1n) is 10.5. The van der Waals surface area contributed by atoms with E-state index in [2.05, 4.69) is 0 Å². The lowest BCUT2D eigenvalue weighted by Gasteiger charge is -2.22. The molecule has 4 aromatic carbocycles. The molecule has 1 aliphatic rings. The van der Waals surface area contributed by atoms with Gasteiger partial charge in [0.2, 0.25) is 5.78 Å². The Kier molecular flexibility index (Phi) is 5.85. The topological polar surface area (TPSA) is 55.8 Å². The van der Waals surface area contributed by atoms with Crippen molar-refractivity contribution in [1.82, 2.24) is 0 Å². The molecule has 4 aromatic rings. The number of carbonyl (C=O) groups is 2. The van der Waals surface area contributed by atoms with Gasteiger partial charge in [-0.05, 0) is 54.1 Å². The van der Waals surface area contributed by atoms with Crippen LogP contribution < -0.4 is 14.4 Å². The number of rotatable bonds is 4. The van der Waals surface area contributed by atoms with E-state index in [1.165, 1.54) is 11.0 Å². The highest BCUT2D eigenvalue weighted by Gasteiger charge is 2.29. The van der Waals surface area contributed by atoms with E-state index in [-0.39, 0.29) is 17.3 Å². The average Bonchev–Trinajstić information content (AvgIpc) is 3.16. The molecule has 0 fully saturated rings. The van der Waals surface area contributed by atoms with E-state index in [0.717, 1.165) is 0 Å². The molecule has 6 heteroatoms. The number of anilines is 2. The Morgan fingerprint density at radius 1 is 0.824 bits per heavy atom. The number of Topliss-reactive ketones (excluding diaryl/α,β-unsaturated/α-hetero) is 1. The number of hydrogen-bond donors (Lipinski definition) is 0. The van der Waals surface area contributed by atoms with Crippen LogP contribution in [-0.2, 0) is 0 Å². The molecule has 1 aliphatic heterocycles. The van der Waals surface area contributed by atoms with Gasteiger partial charge in [-0.3, -0.25) is 4.79 Å². The highest BCUT2D eigenvalue weighted by atomic mass is 35.5. The molecule has 0 saturated heterocycles. The lowest BCUT2D eigenvalue weighted by molar-refractivity contribution is 0.101. The van der Waals surface area contributed by atoms with Crippen LogP contribution in [0.5, 0.6) is 11.5 Å². The van der Waals surface area contributed by atoms with Gasteiger partial charge in [0, 0.05) is 11.1 Å². The lowest BCUT2D eigenvalue weighted by atomic mass is 10.1. The Labute approximate surface area is 201 Å². The summed E-state index contributed by atoms with van der Waals surface area (Å²) >= 11 is 6.20. The van der Waals surface area contributed by atoms with Crippen LogP contribution in [0.15, 0.2) is 109 Å². The second kappa shape index (κ2) is 9.25. The van der Waals surface area contributed by atoms with Crippen molar-refractivity contribution in [3.63, 3.8) is 0 Å². The second-order valence-electron chi connectivity index (χ2n) is 7.49. The molecule has 1 amide bonds. The number of ether oxygens (including phenoxy) is 2. The monoisotopic (exact) mass is 467 g/mol. The molecular weight excluding hydrogens is 450 g/mol. The first-order chi connectivity index (χ1) is 16.6. The van der Waals surface area contributed by atoms with Gasteiger partial charge in [-0.15, -0.1) is 0 Å². The van der Waals surface area contributed by atoms with Gasteiger partial charge in [-0.1, -0.05) is 66.2 Å². The Morgan fingerprint density at radius 2 is 1.44 bits per heavy atom. The van der Waals surface area contributed by atoms with E-state index in [4.69, 9.17) is 21.1 Å². The molecule has 1 heterocycles. The normalized spacial score (nSPS) is 13.3. The van der Waals surface area contributed by atoms with Gasteiger partial charge in [-0.25, -0.2) is 9.69 Å². The summed E-state index contributed by atoms with van der Waals surface area (Å²) < 4.78 is 11.5. The van der Waals surface area contributed by atoms with Crippen LogP contribution in [0.25, 0.3) is 6.08 Å². The second-order valence-corrected chi connectivity index (χ2v) is 7.90. The van der Waals surface area contributed by atoms with Gasteiger partial charge in [0.25, 0.3) is 0 Å². The lowest BCUT2D eigenvalue weighted by Crippen LogP contribution is -2.29. The standard InChI is InChI=1S/C28H18ClNO4/c29-24-14-8-7-9-19(24)17-26-27(31)23-16-15-22(18-25(23)34-26)33-28(32)30(20-10-3-1-4-11-20)21-12-5-2-6-13-21/h1-18H. The molecule has 0 unspecified atom stereocenters. The number of ketones is 1. The van der Waals surface area contributed by atoms with E-state index in [1.54, 1.807) is 30.3 Å². The maximum atomic E-state index is 13.2. The number of benzene rings is 4. The molecule has 0 saturated carbocycles. The molecule has 34 heavy (non-hydrogen) atoms. The van der Waals surface area contributed by atoms with E-state index in [0.29, 0.717) is 33.3 Å². The van der Waals surface area contributed by atoms with Crippen molar-refractivity contribution in [3.8, 4) is 11.5 Å². The van der Waals surface area contributed by atoms with Crippen molar-refractivity contribution in [2.75, 3.05) is 4.90 Å². The van der Waals surface area contributed by atoms with Crippen LogP contribution in [0.1, 0.15) is 15.9 Å². The van der Waals surface area contributed by atoms with Gasteiger partial charge in [0.05, 0.1) is 16.9 Å². The highest BCUT2D eigenvalue weighted by Crippen LogP contribution is 2.36. The molecule has 0 aliphatic carbocycles. The minimum Gasteiger partial charge on any atom is -0.452 e. The van der Waals surface area contributed by atoms with E-state index in [9.17, 15) is 9.59 Å². The zero-order chi connectivity index (χ0) is 23.5. The summed E-state index contributed by atoms with van der Waals surface area (Å²) in [5.74, 6) is 0.469. The summed E-state index contributed by atoms with van der Waals surface area (Å²) in [6.45, 7) is 0. The van der Waals surface area contributed by atoms with Crippen molar-refractivity contribution in [1.29, 1.82) is 0 Å². The molecule has 0 radical (unpaired) electrons. The van der Waals surface area contributed by atoms with Gasteiger partial charge >= 0.3 is 6.09 Å². The maximum Gasteiger partial charge on any atom is 0.424 e. The van der Waals surface area contributed by atoms with Gasteiger partial charge in [0.1, 0.15) is 11.5 Å². The Bertz CT molecular complexity index is 1360. The third kappa shape index (κ3) is 4.29. The van der Waals surface area contributed by atoms with Crippen LogP contribution in [0.3, 0.4) is 0 Å². The molecule has 166 valence electrons. The van der Waals surface area contributed by atoms with E-state index >= 15 is 0 Å². The van der Waals surface area contributed by atoms with Crippen molar-refractivity contribution >= 4 is 40.9 Å². The molecule has 5 rings (SSSR count). The third-order valence-corrected chi connectivity index (χ3v) is 5.59. The minimum atomic E-state index is -0.589. The predicted molar refractivity (Wildman–Crippen MR) is 132 cm³/mol. The van der Waals surface area contributed by atoms with Crippen LogP contribution in [0.2, 0.25) is 5.02 Å². The maximum absolute atomic E-state index is 13.2. The van der Waals surface area contributed by atoms with Crippen LogP contribution in [-0.4, -0.2) is 11.9 Å². The van der Waals surface area contributed by atoms with Crippen molar-refractivity contribution in [2.24, 2.45) is 0 Å². The van der Waals surface area contributed by atoms with Crippen molar-refractivity contribution in [2.45, 2.75) is 0 Å². The van der Waals surface area contributed by atoms with Crippen LogP contribution in [0.4, 0.5) is 16.2 Å². The number of allylic oxidation sites excluding steroid dienone is 1. The summed E-state index contributed by atoms with van der Waals surface area (Å²) in [6.07, 6.45) is 1.01. The van der Waals surface area contributed by atoms with Crippen LogP contribution in [0, 0.1) is 0 Å². The van der Waals surface area contributed by atoms with Crippen molar-refractivity contribution < 1.29 is 19.1 Å². The molecule has 0 N–H and O–H groups in total. The number of para-hydroxylation sites is 2. The molecule has 0 bridgehead atoms. The summed E-state index contributed by atoms with van der Waals surface area (Å²) in [5, 5.41) is 0.513. The smallest absolute Gasteiger partial charge is 0.424 e. The largest absolute Gasteiger partial charge is 0.452 e. The quantitative estimate of drug-likeness (QED) is 0.295. The highest BCUT2D eigenvalue weighted by molar-refractivity contribution is 6.32. The molecule has 5 nitrogen and oxygen atoms in total. The predicted octanol–water partition coefficient (Wildman–Crippen LogP) is 7.29. The van der Waals surface area contributed by atoms with E-state index < -0.39 is 6.09 Å². The SMILES string of the molecule is O=C1C(=Cc2ccccc2Cl)Oc2cc(OC(=O)N(c3ccccc3)c3ccccc3)ccc21. The first-order valence-corrected chi connectivity index (χ1v) is 10.9. The Hall–Kier alpha value is -4.35. The minimum absolute atomic E-state index is 0.154. The number of fused-ring (bicyclic) bond motifs is 1. The van der Waals surface area contributed by atoms with Gasteiger partial charge < -0.3 is 9.47 Å². The third-order valence-electron chi connectivity index (χ3n) is 5.25. The van der Waals surface area contributed by atoms with Crippen molar-refractivity contribution in [3.05, 3.63) is 125 Å². The fourth-order valence-corrected chi connectivity index (χ4v) is 3.81. The average molecular weight is 468 g/mol. The summed E-state index contributed by atoms with van der Waals surface area (Å²) in [7, 11) is 0. The zero-order valence-corrected chi connectivity index (χ0v) is 18.6. The Balaban J connectivity index is 1.41.